The van der Waals surface area contributed by atoms with E-state index in [-0.39, 0.29) is 12.5 Å². The molecule has 1 unspecified atom stereocenters. The Morgan fingerprint density at radius 3 is 3.06 bits per heavy atom. The highest BCUT2D eigenvalue weighted by atomic mass is 16.6. The summed E-state index contributed by atoms with van der Waals surface area (Å²) in [7, 11) is 0. The largest absolute Gasteiger partial charge is 0.455 e. The lowest BCUT2D eigenvalue weighted by molar-refractivity contribution is -0.0109. The third kappa shape index (κ3) is 1.85. The summed E-state index contributed by atoms with van der Waals surface area (Å²) in [5.74, 6) is -0.350. The Morgan fingerprint density at radius 1 is 1.56 bits per heavy atom. The van der Waals surface area contributed by atoms with Crippen molar-refractivity contribution < 1.29 is 9.53 Å². The maximum atomic E-state index is 11.7. The van der Waals surface area contributed by atoms with E-state index in [1.807, 2.05) is 12.1 Å². The van der Waals surface area contributed by atoms with E-state index in [1.165, 1.54) is 0 Å². The highest BCUT2D eigenvalue weighted by Gasteiger charge is 2.35. The van der Waals surface area contributed by atoms with Crippen LogP contribution in [0.15, 0.2) is 29.4 Å². The van der Waals surface area contributed by atoms with Crippen molar-refractivity contribution in [2.75, 3.05) is 6.54 Å². The van der Waals surface area contributed by atoms with Gasteiger partial charge < -0.3 is 4.74 Å². The zero-order valence-electron chi connectivity index (χ0n) is 8.88. The van der Waals surface area contributed by atoms with Crippen LogP contribution in [0.3, 0.4) is 0 Å². The Morgan fingerprint density at radius 2 is 2.31 bits per heavy atom. The minimum atomic E-state index is -0.725. The van der Waals surface area contributed by atoms with Gasteiger partial charge in [-0.3, -0.25) is 0 Å². The Kier molecular flexibility index (Phi) is 2.54. The van der Waals surface area contributed by atoms with E-state index in [9.17, 15) is 4.79 Å². The first kappa shape index (κ1) is 10.5. The monoisotopic (exact) mass is 217 g/mol. The van der Waals surface area contributed by atoms with Crippen LogP contribution in [0.4, 0.5) is 0 Å². The summed E-state index contributed by atoms with van der Waals surface area (Å²) in [6, 6.07) is 7.32. The van der Waals surface area contributed by atoms with Crippen LogP contribution in [0.25, 0.3) is 10.4 Å². The third-order valence-electron chi connectivity index (χ3n) is 2.61. The average molecular weight is 217 g/mol. The number of carbonyl (C=O) groups excluding carboxylic acids is 1. The number of rotatable bonds is 2. The molecule has 16 heavy (non-hydrogen) atoms. The van der Waals surface area contributed by atoms with Gasteiger partial charge in [-0.05, 0) is 24.1 Å². The van der Waals surface area contributed by atoms with E-state index in [2.05, 4.69) is 10.0 Å². The Labute approximate surface area is 92.7 Å². The van der Waals surface area contributed by atoms with E-state index < -0.39 is 5.60 Å². The lowest BCUT2D eigenvalue weighted by Crippen LogP contribution is -2.41. The number of hydrogen-bond acceptors (Lipinski definition) is 3. The zero-order chi connectivity index (χ0) is 11.6. The van der Waals surface area contributed by atoms with Crippen LogP contribution >= 0.6 is 0 Å². The third-order valence-corrected chi connectivity index (χ3v) is 2.61. The average Bonchev–Trinajstić information content (AvgIpc) is 2.26. The molecule has 5 nitrogen and oxygen atoms in total. The molecule has 1 aromatic carbocycles. The van der Waals surface area contributed by atoms with Gasteiger partial charge in [0, 0.05) is 11.3 Å². The standard InChI is InChI=1S/C11H11N3O2/c1-11(7-13-14-12)6-8-4-2-3-5-9(8)10(15)16-11/h2-5H,6-7H2,1H3. The Hall–Kier alpha value is -2.00. The molecule has 0 aliphatic carbocycles. The normalized spacial score (nSPS) is 22.9. The van der Waals surface area contributed by atoms with Gasteiger partial charge in [0.1, 0.15) is 5.60 Å². The van der Waals surface area contributed by atoms with E-state index in [4.69, 9.17) is 10.3 Å². The predicted octanol–water partition coefficient (Wildman–Crippen LogP) is 2.47. The molecular formula is C11H11N3O2. The highest BCUT2D eigenvalue weighted by molar-refractivity contribution is 5.92. The van der Waals surface area contributed by atoms with Gasteiger partial charge in [-0.25, -0.2) is 4.79 Å². The molecule has 0 spiro atoms. The minimum absolute atomic E-state index is 0.156. The molecule has 0 saturated heterocycles. The summed E-state index contributed by atoms with van der Waals surface area (Å²) < 4.78 is 5.30. The van der Waals surface area contributed by atoms with E-state index >= 15 is 0 Å². The summed E-state index contributed by atoms with van der Waals surface area (Å²) in [5, 5.41) is 3.48. The second kappa shape index (κ2) is 3.87. The van der Waals surface area contributed by atoms with Crippen molar-refractivity contribution in [3.05, 3.63) is 45.8 Å². The molecule has 2 rings (SSSR count). The molecule has 0 saturated carbocycles. The second-order valence-corrected chi connectivity index (χ2v) is 4.06. The van der Waals surface area contributed by atoms with Gasteiger partial charge in [0.05, 0.1) is 12.1 Å². The number of hydrogen-bond donors (Lipinski definition) is 0. The molecule has 1 heterocycles. The van der Waals surface area contributed by atoms with Crippen molar-refractivity contribution in [2.24, 2.45) is 5.11 Å². The SMILES string of the molecule is CC1(CN=[N+]=[N-])Cc2ccccc2C(=O)O1. The number of esters is 1. The van der Waals surface area contributed by atoms with Gasteiger partial charge >= 0.3 is 5.97 Å². The van der Waals surface area contributed by atoms with Crippen molar-refractivity contribution in [1.82, 2.24) is 0 Å². The molecule has 1 aliphatic heterocycles. The summed E-state index contributed by atoms with van der Waals surface area (Å²) in [6.45, 7) is 1.93. The number of ether oxygens (including phenoxy) is 1. The van der Waals surface area contributed by atoms with E-state index in [0.717, 1.165) is 5.56 Å². The summed E-state index contributed by atoms with van der Waals surface area (Å²) in [6.07, 6.45) is 0.577. The van der Waals surface area contributed by atoms with Crippen molar-refractivity contribution in [3.63, 3.8) is 0 Å². The van der Waals surface area contributed by atoms with Crippen LogP contribution < -0.4 is 0 Å². The van der Waals surface area contributed by atoms with Crippen LogP contribution in [-0.2, 0) is 11.2 Å². The minimum Gasteiger partial charge on any atom is -0.455 e. The quantitative estimate of drug-likeness (QED) is 0.330. The van der Waals surface area contributed by atoms with Crippen LogP contribution in [0.2, 0.25) is 0 Å². The van der Waals surface area contributed by atoms with Crippen LogP contribution in [0, 0.1) is 0 Å². The molecule has 0 amide bonds. The van der Waals surface area contributed by atoms with Gasteiger partial charge in [0.2, 0.25) is 0 Å². The van der Waals surface area contributed by atoms with Crippen molar-refractivity contribution in [3.8, 4) is 0 Å². The number of nitrogens with zero attached hydrogens (tertiary/aromatic N) is 3. The molecule has 1 atom stereocenters. The maximum Gasteiger partial charge on any atom is 0.338 e. The van der Waals surface area contributed by atoms with Gasteiger partial charge in [0.25, 0.3) is 0 Å². The van der Waals surface area contributed by atoms with Crippen LogP contribution in [0.5, 0.6) is 0 Å². The fourth-order valence-electron chi connectivity index (χ4n) is 1.86. The fourth-order valence-corrected chi connectivity index (χ4v) is 1.86. The maximum absolute atomic E-state index is 11.7. The second-order valence-electron chi connectivity index (χ2n) is 4.06. The smallest absolute Gasteiger partial charge is 0.338 e. The molecule has 0 N–H and O–H groups in total. The zero-order valence-corrected chi connectivity index (χ0v) is 8.88. The molecule has 0 radical (unpaired) electrons. The first-order valence-corrected chi connectivity index (χ1v) is 4.97. The lowest BCUT2D eigenvalue weighted by Gasteiger charge is -2.33. The van der Waals surface area contributed by atoms with Crippen molar-refractivity contribution in [1.29, 1.82) is 0 Å². The molecule has 0 aromatic heterocycles. The predicted molar refractivity (Wildman–Crippen MR) is 58.0 cm³/mol. The number of azide groups is 1. The number of carbonyl (C=O) groups is 1. The number of fused-ring (bicyclic) bond motifs is 1. The van der Waals surface area contributed by atoms with Gasteiger partial charge in [-0.2, -0.15) is 0 Å². The first-order chi connectivity index (χ1) is 7.64. The number of benzene rings is 1. The van der Waals surface area contributed by atoms with Crippen molar-refractivity contribution >= 4 is 5.97 Å². The van der Waals surface area contributed by atoms with Gasteiger partial charge in [-0.1, -0.05) is 23.3 Å². The summed E-state index contributed by atoms with van der Waals surface area (Å²) >= 11 is 0. The van der Waals surface area contributed by atoms with E-state index in [0.29, 0.717) is 12.0 Å². The molecule has 0 fully saturated rings. The topological polar surface area (TPSA) is 75.1 Å². The Balaban J connectivity index is 2.33. The lowest BCUT2D eigenvalue weighted by atomic mass is 9.90. The molecule has 1 aliphatic rings. The van der Waals surface area contributed by atoms with E-state index in [1.54, 1.807) is 19.1 Å². The summed E-state index contributed by atoms with van der Waals surface area (Å²) in [5.41, 5.74) is 9.10. The highest BCUT2D eigenvalue weighted by Crippen LogP contribution is 2.28. The Bertz CT molecular complexity index is 480. The van der Waals surface area contributed by atoms with Crippen LogP contribution in [-0.4, -0.2) is 18.1 Å². The molecule has 1 aromatic rings. The first-order valence-electron chi connectivity index (χ1n) is 4.97. The van der Waals surface area contributed by atoms with Gasteiger partial charge in [-0.15, -0.1) is 0 Å². The molecule has 5 heteroatoms. The molecule has 82 valence electrons. The van der Waals surface area contributed by atoms with Crippen LogP contribution in [0.1, 0.15) is 22.8 Å². The summed E-state index contributed by atoms with van der Waals surface area (Å²) in [4.78, 5) is 14.4. The molecular weight excluding hydrogens is 206 g/mol. The van der Waals surface area contributed by atoms with Crippen molar-refractivity contribution in [2.45, 2.75) is 18.9 Å². The fraction of sp³-hybridized carbons (Fsp3) is 0.364. The number of cyclic esters (lactones) is 1. The molecule has 0 bridgehead atoms. The van der Waals surface area contributed by atoms with Gasteiger partial charge in [0.15, 0.2) is 0 Å².